The summed E-state index contributed by atoms with van der Waals surface area (Å²) in [5, 5.41) is 22.2. The van der Waals surface area contributed by atoms with Crippen LogP contribution in [0.5, 0.6) is 0 Å². The first-order chi connectivity index (χ1) is 13.8. The van der Waals surface area contributed by atoms with Crippen LogP contribution in [0.1, 0.15) is 11.1 Å². The van der Waals surface area contributed by atoms with Crippen LogP contribution >= 0.6 is 0 Å². The van der Waals surface area contributed by atoms with Gasteiger partial charge < -0.3 is 15.4 Å². The Morgan fingerprint density at radius 2 is 2.00 bits per heavy atom. The molecular formula is C21H14N6O. The molecule has 4 heterocycles. The second kappa shape index (κ2) is 6.30. The van der Waals surface area contributed by atoms with Crippen LogP contribution < -0.4 is 5.32 Å². The Morgan fingerprint density at radius 1 is 1.07 bits per heavy atom. The fourth-order valence-electron chi connectivity index (χ4n) is 3.41. The number of aliphatic hydroxyl groups is 1. The van der Waals surface area contributed by atoms with Gasteiger partial charge in [-0.1, -0.05) is 6.07 Å². The predicted octanol–water partition coefficient (Wildman–Crippen LogP) is 3.62. The van der Waals surface area contributed by atoms with Crippen molar-refractivity contribution < 1.29 is 5.11 Å². The quantitative estimate of drug-likeness (QED) is 0.440. The highest BCUT2D eigenvalue weighted by Crippen LogP contribution is 2.42. The molecule has 28 heavy (non-hydrogen) atoms. The molecule has 5 rings (SSSR count). The van der Waals surface area contributed by atoms with Gasteiger partial charge in [0.1, 0.15) is 17.3 Å². The van der Waals surface area contributed by atoms with Crippen LogP contribution in [-0.2, 0) is 6.61 Å². The summed E-state index contributed by atoms with van der Waals surface area (Å²) in [5.41, 5.74) is 6.02. The molecule has 0 radical (unpaired) electrons. The lowest BCUT2D eigenvalue weighted by Gasteiger charge is -2.08. The molecule has 7 heteroatoms. The number of aromatic amines is 1. The van der Waals surface area contributed by atoms with Gasteiger partial charge in [0, 0.05) is 29.1 Å². The lowest BCUT2D eigenvalue weighted by Crippen LogP contribution is -1.96. The maximum Gasteiger partial charge on any atom is 0.139 e. The molecule has 3 aromatic heterocycles. The van der Waals surface area contributed by atoms with Crippen molar-refractivity contribution in [1.29, 1.82) is 5.26 Å². The number of fused-ring (bicyclic) bond motifs is 5. The molecule has 7 nitrogen and oxygen atoms in total. The Morgan fingerprint density at radius 3 is 2.86 bits per heavy atom. The Bertz CT molecular complexity index is 1190. The van der Waals surface area contributed by atoms with Crippen LogP contribution in [0.15, 0.2) is 55.0 Å². The Hall–Kier alpha value is -4.02. The smallest absolute Gasteiger partial charge is 0.139 e. The number of anilines is 2. The molecule has 0 aliphatic carbocycles. The van der Waals surface area contributed by atoms with Gasteiger partial charge in [-0.25, -0.2) is 9.97 Å². The van der Waals surface area contributed by atoms with Crippen molar-refractivity contribution in [2.45, 2.75) is 6.61 Å². The SMILES string of the molecule is N#Cc1cc(CO)ccc1-c1nc2c([nH]1)-c1ccncc1Nc1ncccc1-2. The molecule has 1 aromatic carbocycles. The van der Waals surface area contributed by atoms with E-state index in [4.69, 9.17) is 4.98 Å². The largest absolute Gasteiger partial charge is 0.392 e. The summed E-state index contributed by atoms with van der Waals surface area (Å²) in [7, 11) is 0. The Balaban J connectivity index is 1.78. The van der Waals surface area contributed by atoms with E-state index < -0.39 is 0 Å². The van der Waals surface area contributed by atoms with Gasteiger partial charge in [-0.3, -0.25) is 4.98 Å². The van der Waals surface area contributed by atoms with Crippen molar-refractivity contribution in [3.63, 3.8) is 0 Å². The minimum absolute atomic E-state index is 0.116. The first-order valence-electron chi connectivity index (χ1n) is 8.69. The lowest BCUT2D eigenvalue weighted by atomic mass is 10.0. The minimum atomic E-state index is -0.116. The standard InChI is InChI=1S/C21H14N6O/c22-9-13-8-12(11-28)3-4-14(13)21-26-18-15-5-7-23-10-17(15)25-20-16(19(18)27-21)2-1-6-24-20/h1-8,10,28H,11H2,(H,24,25)(H,26,27). The highest BCUT2D eigenvalue weighted by atomic mass is 16.3. The van der Waals surface area contributed by atoms with Gasteiger partial charge in [-0.05, 0) is 35.9 Å². The van der Waals surface area contributed by atoms with Crippen LogP contribution in [-0.4, -0.2) is 25.0 Å². The number of hydrogen-bond donors (Lipinski definition) is 3. The Labute approximate surface area is 160 Å². The van der Waals surface area contributed by atoms with Gasteiger partial charge >= 0.3 is 0 Å². The molecule has 0 unspecified atom stereocenters. The number of nitrogens with zero attached hydrogens (tertiary/aromatic N) is 4. The number of imidazole rings is 1. The molecule has 0 bridgehead atoms. The molecule has 0 saturated carbocycles. The summed E-state index contributed by atoms with van der Waals surface area (Å²) in [6, 6.07) is 13.2. The van der Waals surface area contributed by atoms with Crippen LogP contribution in [0.3, 0.4) is 0 Å². The Kier molecular flexibility index (Phi) is 3.64. The van der Waals surface area contributed by atoms with Crippen molar-refractivity contribution in [2.75, 3.05) is 5.32 Å². The van der Waals surface area contributed by atoms with Crippen LogP contribution in [0.25, 0.3) is 33.9 Å². The number of nitrogens with one attached hydrogen (secondary N) is 2. The van der Waals surface area contributed by atoms with E-state index in [2.05, 4.69) is 26.3 Å². The average molecular weight is 366 g/mol. The average Bonchev–Trinajstić information content (AvgIpc) is 3.13. The third kappa shape index (κ3) is 2.44. The number of rotatable bonds is 2. The van der Waals surface area contributed by atoms with E-state index in [0.29, 0.717) is 28.3 Å². The zero-order valence-electron chi connectivity index (χ0n) is 14.6. The predicted molar refractivity (Wildman–Crippen MR) is 104 cm³/mol. The zero-order chi connectivity index (χ0) is 19.1. The van der Waals surface area contributed by atoms with E-state index in [9.17, 15) is 10.4 Å². The molecule has 1 aliphatic rings. The number of aromatic nitrogens is 4. The number of H-pyrrole nitrogens is 1. The second-order valence-corrected chi connectivity index (χ2v) is 6.40. The number of pyridine rings is 2. The summed E-state index contributed by atoms with van der Waals surface area (Å²) < 4.78 is 0. The molecule has 0 spiro atoms. The van der Waals surface area contributed by atoms with Crippen molar-refractivity contribution in [3.8, 4) is 40.0 Å². The molecule has 0 atom stereocenters. The van der Waals surface area contributed by atoms with Gasteiger partial charge in [0.25, 0.3) is 0 Å². The first kappa shape index (κ1) is 16.2. The summed E-state index contributed by atoms with van der Waals surface area (Å²) in [6.07, 6.45) is 5.20. The van der Waals surface area contributed by atoms with E-state index in [0.717, 1.165) is 28.2 Å². The molecular weight excluding hydrogens is 352 g/mol. The number of aliphatic hydroxyl groups excluding tert-OH is 1. The maximum atomic E-state index is 9.56. The van der Waals surface area contributed by atoms with Crippen molar-refractivity contribution >= 4 is 11.5 Å². The fourth-order valence-corrected chi connectivity index (χ4v) is 3.41. The van der Waals surface area contributed by atoms with Crippen molar-refractivity contribution in [1.82, 2.24) is 19.9 Å². The summed E-state index contributed by atoms with van der Waals surface area (Å²) in [5.74, 6) is 1.29. The molecule has 4 aromatic rings. The van der Waals surface area contributed by atoms with Gasteiger partial charge in [0.2, 0.25) is 0 Å². The molecule has 1 aliphatic heterocycles. The number of benzene rings is 1. The highest BCUT2D eigenvalue weighted by Gasteiger charge is 2.24. The van der Waals surface area contributed by atoms with E-state index in [1.165, 1.54) is 0 Å². The van der Waals surface area contributed by atoms with Gasteiger partial charge in [-0.15, -0.1) is 0 Å². The van der Waals surface area contributed by atoms with Crippen LogP contribution in [0.2, 0.25) is 0 Å². The molecule has 0 amide bonds. The normalized spacial score (nSPS) is 11.4. The van der Waals surface area contributed by atoms with Crippen LogP contribution in [0.4, 0.5) is 11.5 Å². The zero-order valence-corrected chi connectivity index (χ0v) is 14.6. The maximum absolute atomic E-state index is 9.56. The van der Waals surface area contributed by atoms with E-state index in [1.54, 1.807) is 36.8 Å². The monoisotopic (exact) mass is 366 g/mol. The number of nitriles is 1. The summed E-state index contributed by atoms with van der Waals surface area (Å²) >= 11 is 0. The van der Waals surface area contributed by atoms with Crippen molar-refractivity contribution in [3.05, 3.63) is 66.1 Å². The molecule has 134 valence electrons. The van der Waals surface area contributed by atoms with E-state index >= 15 is 0 Å². The molecule has 0 saturated heterocycles. The van der Waals surface area contributed by atoms with E-state index in [-0.39, 0.29) is 6.61 Å². The number of hydrogen-bond acceptors (Lipinski definition) is 6. The first-order valence-corrected chi connectivity index (χ1v) is 8.69. The van der Waals surface area contributed by atoms with Gasteiger partial charge in [-0.2, -0.15) is 5.26 Å². The summed E-state index contributed by atoms with van der Waals surface area (Å²) in [4.78, 5) is 16.8. The van der Waals surface area contributed by atoms with Gasteiger partial charge in [0.05, 0.1) is 35.8 Å². The minimum Gasteiger partial charge on any atom is -0.392 e. The lowest BCUT2D eigenvalue weighted by molar-refractivity contribution is 0.282. The third-order valence-electron chi connectivity index (χ3n) is 4.75. The fraction of sp³-hybridized carbons (Fsp3) is 0.0476. The molecule has 3 N–H and O–H groups in total. The third-order valence-corrected chi connectivity index (χ3v) is 4.75. The van der Waals surface area contributed by atoms with Crippen molar-refractivity contribution in [2.24, 2.45) is 0 Å². The highest BCUT2D eigenvalue weighted by molar-refractivity contribution is 5.95. The van der Waals surface area contributed by atoms with Gasteiger partial charge in [0.15, 0.2) is 0 Å². The van der Waals surface area contributed by atoms with E-state index in [1.807, 2.05) is 18.2 Å². The van der Waals surface area contributed by atoms with Crippen LogP contribution in [0, 0.1) is 11.3 Å². The summed E-state index contributed by atoms with van der Waals surface area (Å²) in [6.45, 7) is -0.116. The molecule has 0 fully saturated rings. The second-order valence-electron chi connectivity index (χ2n) is 6.40. The topological polar surface area (TPSA) is 111 Å².